The molecule has 0 fully saturated rings. The molecule has 9 nitrogen and oxygen atoms in total. The molecule has 2 aromatic carbocycles. The van der Waals surface area contributed by atoms with Crippen molar-refractivity contribution in [1.82, 2.24) is 0 Å². The molecule has 0 N–H and O–H groups in total. The summed E-state index contributed by atoms with van der Waals surface area (Å²) in [6.45, 7) is 7.83. The first-order valence-corrected chi connectivity index (χ1v) is 11.7. The number of carbonyl (C=O) groups is 1. The second-order valence-electron chi connectivity index (χ2n) is 8.06. The van der Waals surface area contributed by atoms with Crippen molar-refractivity contribution < 1.29 is 33.0 Å². The highest BCUT2D eigenvalue weighted by molar-refractivity contribution is 7.67. The van der Waals surface area contributed by atoms with E-state index in [1.807, 2.05) is 6.92 Å². The second-order valence-corrected chi connectivity index (χ2v) is 10.8. The van der Waals surface area contributed by atoms with Gasteiger partial charge in [-0.05, 0) is 57.5 Å². The molecule has 0 spiro atoms. The lowest BCUT2D eigenvalue weighted by atomic mass is 9.98. The molecule has 0 bridgehead atoms. The SMILES string of the molecule is CCP(=O)(OCOC(=O)C(C)(C)C)c1cc(Oc2ccc(OC)cc2C)ccc1[N+](=O)[O-]. The number of hydrogen-bond acceptors (Lipinski definition) is 8. The summed E-state index contributed by atoms with van der Waals surface area (Å²) in [5.41, 5.74) is -0.348. The molecular weight excluding hydrogens is 437 g/mol. The summed E-state index contributed by atoms with van der Waals surface area (Å²) in [6, 6.07) is 9.18. The molecule has 0 aliphatic carbocycles. The van der Waals surface area contributed by atoms with Crippen LogP contribution in [-0.2, 0) is 18.6 Å². The molecule has 0 heterocycles. The number of methoxy groups -OCH3 is 1. The minimum Gasteiger partial charge on any atom is -0.497 e. The normalized spacial score (nSPS) is 13.2. The maximum Gasteiger partial charge on any atom is 0.313 e. The van der Waals surface area contributed by atoms with E-state index in [1.54, 1.807) is 53.0 Å². The molecule has 0 aliphatic rings. The van der Waals surface area contributed by atoms with Gasteiger partial charge in [0.05, 0.1) is 17.4 Å². The Labute approximate surface area is 187 Å². The van der Waals surface area contributed by atoms with Gasteiger partial charge in [0.2, 0.25) is 7.37 Å². The molecule has 0 saturated heterocycles. The van der Waals surface area contributed by atoms with Crippen molar-refractivity contribution in [2.24, 2.45) is 5.41 Å². The number of rotatable bonds is 9. The van der Waals surface area contributed by atoms with Gasteiger partial charge in [0.15, 0.2) is 6.79 Å². The molecule has 10 heteroatoms. The third kappa shape index (κ3) is 6.08. The Morgan fingerprint density at radius 2 is 1.78 bits per heavy atom. The summed E-state index contributed by atoms with van der Waals surface area (Å²) in [4.78, 5) is 22.9. The van der Waals surface area contributed by atoms with Crippen LogP contribution in [0.1, 0.15) is 33.3 Å². The largest absolute Gasteiger partial charge is 0.497 e. The molecule has 2 rings (SSSR count). The van der Waals surface area contributed by atoms with Crippen LogP contribution in [0.15, 0.2) is 36.4 Å². The fourth-order valence-corrected chi connectivity index (χ4v) is 4.41. The van der Waals surface area contributed by atoms with Gasteiger partial charge in [-0.1, -0.05) is 6.92 Å². The lowest BCUT2D eigenvalue weighted by Gasteiger charge is -2.20. The summed E-state index contributed by atoms with van der Waals surface area (Å²) < 4.78 is 35.0. The van der Waals surface area contributed by atoms with Gasteiger partial charge in [-0.2, -0.15) is 0 Å². The number of aryl methyl sites for hydroxylation is 1. The van der Waals surface area contributed by atoms with Crippen LogP contribution in [0.4, 0.5) is 5.69 Å². The van der Waals surface area contributed by atoms with E-state index in [1.165, 1.54) is 18.2 Å². The summed E-state index contributed by atoms with van der Waals surface area (Å²) >= 11 is 0. The molecule has 0 aliphatic heterocycles. The van der Waals surface area contributed by atoms with Gasteiger partial charge in [-0.25, -0.2) is 0 Å². The fourth-order valence-electron chi connectivity index (χ4n) is 2.70. The van der Waals surface area contributed by atoms with E-state index in [0.29, 0.717) is 11.5 Å². The number of nitro benzene ring substituents is 1. The Hall–Kier alpha value is -2.90. The van der Waals surface area contributed by atoms with Crippen LogP contribution in [0.5, 0.6) is 17.2 Å². The van der Waals surface area contributed by atoms with Crippen molar-refractivity contribution in [3.63, 3.8) is 0 Å². The summed E-state index contributed by atoms with van der Waals surface area (Å²) in [5.74, 6) is 0.884. The number of nitro groups is 1. The maximum atomic E-state index is 13.5. The molecule has 32 heavy (non-hydrogen) atoms. The molecule has 0 aromatic heterocycles. The van der Waals surface area contributed by atoms with Crippen LogP contribution in [0.3, 0.4) is 0 Å². The van der Waals surface area contributed by atoms with Gasteiger partial charge in [0, 0.05) is 18.3 Å². The third-order valence-electron chi connectivity index (χ3n) is 4.60. The Morgan fingerprint density at radius 3 is 2.31 bits per heavy atom. The number of esters is 1. The van der Waals surface area contributed by atoms with Crippen LogP contribution in [0.25, 0.3) is 0 Å². The molecular formula is C22H28NO8P. The van der Waals surface area contributed by atoms with Gasteiger partial charge in [-0.3, -0.25) is 24.0 Å². The Morgan fingerprint density at radius 1 is 1.12 bits per heavy atom. The van der Waals surface area contributed by atoms with Gasteiger partial charge in [0.1, 0.15) is 22.6 Å². The number of hydrogen-bond donors (Lipinski definition) is 0. The first-order valence-electron chi connectivity index (χ1n) is 9.93. The summed E-state index contributed by atoms with van der Waals surface area (Å²) in [6.07, 6.45) is -0.0358. The van der Waals surface area contributed by atoms with E-state index in [-0.39, 0.29) is 22.9 Å². The van der Waals surface area contributed by atoms with E-state index < -0.39 is 30.5 Å². The lowest BCUT2D eigenvalue weighted by molar-refractivity contribution is -0.383. The van der Waals surface area contributed by atoms with Crippen molar-refractivity contribution in [3.05, 3.63) is 52.1 Å². The average molecular weight is 465 g/mol. The molecule has 0 amide bonds. The van der Waals surface area contributed by atoms with Crippen molar-refractivity contribution in [2.45, 2.75) is 34.6 Å². The zero-order chi connectivity index (χ0) is 24.1. The quantitative estimate of drug-likeness (QED) is 0.163. The Kier molecular flexibility index (Phi) is 8.04. The summed E-state index contributed by atoms with van der Waals surface area (Å²) in [7, 11) is -2.17. The van der Waals surface area contributed by atoms with E-state index in [4.69, 9.17) is 18.7 Å². The summed E-state index contributed by atoms with van der Waals surface area (Å²) in [5, 5.41) is 11.5. The average Bonchev–Trinajstić information content (AvgIpc) is 2.74. The first kappa shape index (κ1) is 25.4. The van der Waals surface area contributed by atoms with Gasteiger partial charge in [-0.15, -0.1) is 0 Å². The predicted molar refractivity (Wildman–Crippen MR) is 120 cm³/mol. The highest BCUT2D eigenvalue weighted by atomic mass is 31.2. The highest BCUT2D eigenvalue weighted by Crippen LogP contribution is 2.48. The second kappa shape index (κ2) is 10.1. The van der Waals surface area contributed by atoms with E-state index >= 15 is 0 Å². The first-order chi connectivity index (χ1) is 14.9. The third-order valence-corrected chi connectivity index (χ3v) is 7.05. The molecule has 1 unspecified atom stereocenters. The maximum absolute atomic E-state index is 13.5. The predicted octanol–water partition coefficient (Wildman–Crippen LogP) is 5.19. The van der Waals surface area contributed by atoms with Gasteiger partial charge >= 0.3 is 5.97 Å². The molecule has 2 aromatic rings. The Bertz CT molecular complexity index is 1040. The standard InChI is InChI=1S/C22H28NO8P/c1-7-32(27,30-14-29-21(24)22(3,4)5)20-13-17(8-10-18(20)23(25)26)31-19-11-9-16(28-6)12-15(19)2/h8-13H,7,14H2,1-6H3. The Balaban J connectivity index is 2.35. The fraction of sp³-hybridized carbons (Fsp3) is 0.409. The number of carbonyl (C=O) groups excluding carboxylic acids is 1. The highest BCUT2D eigenvalue weighted by Gasteiger charge is 2.34. The minimum atomic E-state index is -3.73. The monoisotopic (exact) mass is 465 g/mol. The van der Waals surface area contributed by atoms with Crippen molar-refractivity contribution in [2.75, 3.05) is 20.1 Å². The number of ether oxygens (including phenoxy) is 3. The number of benzene rings is 2. The molecule has 0 saturated carbocycles. The van der Waals surface area contributed by atoms with Crippen molar-refractivity contribution in [3.8, 4) is 17.2 Å². The van der Waals surface area contributed by atoms with E-state index in [9.17, 15) is 19.5 Å². The van der Waals surface area contributed by atoms with Crippen LogP contribution in [0, 0.1) is 22.5 Å². The molecule has 1 atom stereocenters. The van der Waals surface area contributed by atoms with E-state index in [2.05, 4.69) is 0 Å². The smallest absolute Gasteiger partial charge is 0.313 e. The lowest BCUT2D eigenvalue weighted by Crippen LogP contribution is -2.24. The van der Waals surface area contributed by atoms with Gasteiger partial charge < -0.3 is 14.2 Å². The molecule has 0 radical (unpaired) electrons. The van der Waals surface area contributed by atoms with Crippen LogP contribution in [-0.4, -0.2) is 31.0 Å². The van der Waals surface area contributed by atoms with Gasteiger partial charge in [0.25, 0.3) is 5.69 Å². The number of nitrogens with zero attached hydrogens (tertiary/aromatic N) is 1. The van der Waals surface area contributed by atoms with Crippen molar-refractivity contribution in [1.29, 1.82) is 0 Å². The van der Waals surface area contributed by atoms with Crippen molar-refractivity contribution >= 4 is 24.3 Å². The molecule has 174 valence electrons. The van der Waals surface area contributed by atoms with Crippen LogP contribution >= 0.6 is 7.37 Å². The van der Waals surface area contributed by atoms with E-state index in [0.717, 1.165) is 5.56 Å². The van der Waals surface area contributed by atoms with Crippen LogP contribution < -0.4 is 14.8 Å². The zero-order valence-corrected chi connectivity index (χ0v) is 19.9. The zero-order valence-electron chi connectivity index (χ0n) is 19.0. The topological polar surface area (TPSA) is 114 Å². The van der Waals surface area contributed by atoms with Crippen LogP contribution in [0.2, 0.25) is 0 Å². The minimum absolute atomic E-state index is 0.0358.